The molecular weight excluding hydrogens is 358 g/mol. The highest BCUT2D eigenvalue weighted by atomic mass is 16.5. The number of methoxy groups -OCH3 is 2. The number of benzene rings is 2. The molecular formula is C21H17N3O4. The molecule has 4 aromatic rings. The van der Waals surface area contributed by atoms with Crippen LogP contribution in [0.3, 0.4) is 0 Å². The fourth-order valence-corrected chi connectivity index (χ4v) is 2.76. The molecule has 0 saturated carbocycles. The molecule has 0 aliphatic heterocycles. The number of fused-ring (bicyclic) bond motifs is 1. The summed E-state index contributed by atoms with van der Waals surface area (Å²) in [6.45, 7) is 0. The van der Waals surface area contributed by atoms with Crippen molar-refractivity contribution in [2.24, 2.45) is 0 Å². The average Bonchev–Trinajstić information content (AvgIpc) is 3.18. The normalized spacial score (nSPS) is 10.6. The Morgan fingerprint density at radius 2 is 1.79 bits per heavy atom. The summed E-state index contributed by atoms with van der Waals surface area (Å²) >= 11 is 0. The fourth-order valence-electron chi connectivity index (χ4n) is 2.76. The summed E-state index contributed by atoms with van der Waals surface area (Å²) in [5.41, 5.74) is 2.91. The molecule has 0 atom stereocenters. The second kappa shape index (κ2) is 7.40. The van der Waals surface area contributed by atoms with Crippen LogP contribution >= 0.6 is 0 Å². The van der Waals surface area contributed by atoms with Crippen LogP contribution in [0.15, 0.2) is 65.2 Å². The van der Waals surface area contributed by atoms with E-state index >= 15 is 0 Å². The van der Waals surface area contributed by atoms with Crippen LogP contribution in [0, 0.1) is 0 Å². The minimum Gasteiger partial charge on any atom is -0.497 e. The van der Waals surface area contributed by atoms with Gasteiger partial charge in [0.15, 0.2) is 11.2 Å². The van der Waals surface area contributed by atoms with Gasteiger partial charge in [-0.2, -0.15) is 4.98 Å². The first kappa shape index (κ1) is 17.5. The number of carbonyl (C=O) groups excluding carboxylic acids is 1. The Kier molecular flexibility index (Phi) is 4.63. The van der Waals surface area contributed by atoms with Crippen molar-refractivity contribution in [2.75, 3.05) is 19.5 Å². The van der Waals surface area contributed by atoms with Crippen molar-refractivity contribution in [1.82, 2.24) is 9.97 Å². The van der Waals surface area contributed by atoms with Gasteiger partial charge < -0.3 is 19.2 Å². The summed E-state index contributed by atoms with van der Waals surface area (Å²) in [5.74, 6) is 1.23. The highest BCUT2D eigenvalue weighted by molar-refractivity contribution is 6.05. The predicted molar refractivity (Wildman–Crippen MR) is 105 cm³/mol. The number of pyridine rings is 1. The van der Waals surface area contributed by atoms with Gasteiger partial charge in [0.1, 0.15) is 11.5 Å². The molecule has 1 N–H and O–H groups in total. The third-order valence-corrected chi connectivity index (χ3v) is 4.15. The van der Waals surface area contributed by atoms with E-state index in [1.807, 2.05) is 12.1 Å². The van der Waals surface area contributed by atoms with Crippen LogP contribution < -0.4 is 14.8 Å². The molecule has 2 aromatic heterocycles. The fraction of sp³-hybridized carbons (Fsp3) is 0.0952. The Balaban J connectivity index is 1.60. The lowest BCUT2D eigenvalue weighted by atomic mass is 10.1. The summed E-state index contributed by atoms with van der Waals surface area (Å²) < 4.78 is 16.2. The van der Waals surface area contributed by atoms with E-state index < -0.39 is 0 Å². The number of hydrogen-bond acceptors (Lipinski definition) is 6. The maximum atomic E-state index is 12.7. The van der Waals surface area contributed by atoms with Gasteiger partial charge >= 0.3 is 0 Å². The van der Waals surface area contributed by atoms with Crippen LogP contribution in [-0.4, -0.2) is 30.1 Å². The van der Waals surface area contributed by atoms with Gasteiger partial charge in [0, 0.05) is 29.1 Å². The molecule has 0 unspecified atom stereocenters. The molecule has 2 heterocycles. The zero-order valence-electron chi connectivity index (χ0n) is 15.3. The number of rotatable bonds is 5. The molecule has 7 heteroatoms. The van der Waals surface area contributed by atoms with Gasteiger partial charge in [-0.25, -0.2) is 4.98 Å². The number of carbonyl (C=O) groups is 1. The van der Waals surface area contributed by atoms with Gasteiger partial charge in [0.25, 0.3) is 5.91 Å². The first-order chi connectivity index (χ1) is 13.7. The zero-order valence-corrected chi connectivity index (χ0v) is 15.3. The number of nitrogens with zero attached hydrogens (tertiary/aromatic N) is 2. The zero-order chi connectivity index (χ0) is 19.5. The van der Waals surface area contributed by atoms with E-state index in [1.54, 1.807) is 48.7 Å². The van der Waals surface area contributed by atoms with Crippen LogP contribution in [0.25, 0.3) is 22.7 Å². The van der Waals surface area contributed by atoms with Crippen LogP contribution in [0.5, 0.6) is 11.5 Å². The first-order valence-corrected chi connectivity index (χ1v) is 8.52. The summed E-state index contributed by atoms with van der Waals surface area (Å²) in [6, 6.07) is 15.9. The van der Waals surface area contributed by atoms with Crippen LogP contribution in [0.4, 0.5) is 5.69 Å². The Labute approximate surface area is 160 Å². The Morgan fingerprint density at radius 3 is 2.50 bits per heavy atom. The molecule has 0 fully saturated rings. The SMILES string of the molecule is COc1cc(OC)cc(C(=O)Nc2cccc(-c3nc4ncccc4o3)c2)c1. The number of nitrogens with one attached hydrogen (secondary N) is 1. The molecule has 7 nitrogen and oxygen atoms in total. The van der Waals surface area contributed by atoms with Crippen molar-refractivity contribution < 1.29 is 18.7 Å². The molecule has 140 valence electrons. The smallest absolute Gasteiger partial charge is 0.255 e. The second-order valence-electron chi connectivity index (χ2n) is 5.98. The van der Waals surface area contributed by atoms with Gasteiger partial charge in [-0.1, -0.05) is 6.07 Å². The molecule has 0 bridgehead atoms. The Morgan fingerprint density at radius 1 is 1.00 bits per heavy atom. The number of oxazole rings is 1. The lowest BCUT2D eigenvalue weighted by molar-refractivity contribution is 0.102. The van der Waals surface area contributed by atoms with Gasteiger partial charge in [-0.3, -0.25) is 4.79 Å². The lowest BCUT2D eigenvalue weighted by Gasteiger charge is -2.09. The third-order valence-electron chi connectivity index (χ3n) is 4.15. The minimum absolute atomic E-state index is 0.284. The largest absolute Gasteiger partial charge is 0.497 e. The van der Waals surface area contributed by atoms with Crippen LogP contribution in [-0.2, 0) is 0 Å². The number of hydrogen-bond donors (Lipinski definition) is 1. The van der Waals surface area contributed by atoms with E-state index in [-0.39, 0.29) is 5.91 Å². The van der Waals surface area contributed by atoms with Crippen molar-refractivity contribution in [3.8, 4) is 23.0 Å². The van der Waals surface area contributed by atoms with E-state index in [1.165, 1.54) is 14.2 Å². The van der Waals surface area contributed by atoms with Gasteiger partial charge in [0.2, 0.25) is 5.89 Å². The number of ether oxygens (including phenoxy) is 2. The van der Waals surface area contributed by atoms with Crippen molar-refractivity contribution in [3.05, 3.63) is 66.4 Å². The van der Waals surface area contributed by atoms with Gasteiger partial charge in [0.05, 0.1) is 14.2 Å². The summed E-state index contributed by atoms with van der Waals surface area (Å²) in [6.07, 6.45) is 1.66. The van der Waals surface area contributed by atoms with Crippen molar-refractivity contribution >= 4 is 22.8 Å². The monoisotopic (exact) mass is 375 g/mol. The van der Waals surface area contributed by atoms with Gasteiger partial charge in [-0.05, 0) is 42.5 Å². The van der Waals surface area contributed by atoms with E-state index in [0.29, 0.717) is 39.9 Å². The second-order valence-corrected chi connectivity index (χ2v) is 5.98. The molecule has 4 rings (SSSR count). The van der Waals surface area contributed by atoms with Crippen LogP contribution in [0.1, 0.15) is 10.4 Å². The highest BCUT2D eigenvalue weighted by Crippen LogP contribution is 2.26. The first-order valence-electron chi connectivity index (χ1n) is 8.52. The summed E-state index contributed by atoms with van der Waals surface area (Å²) in [7, 11) is 3.07. The molecule has 0 radical (unpaired) electrons. The third kappa shape index (κ3) is 3.50. The standard InChI is InChI=1S/C21H17N3O4/c1-26-16-10-14(11-17(12-16)27-2)20(25)23-15-6-3-5-13(9-15)21-24-19-18(28-21)7-4-8-22-19/h3-12H,1-2H3,(H,23,25). The number of amides is 1. The average molecular weight is 375 g/mol. The van der Waals surface area contributed by atoms with Crippen LogP contribution in [0.2, 0.25) is 0 Å². The van der Waals surface area contributed by atoms with Crippen molar-refractivity contribution in [2.45, 2.75) is 0 Å². The maximum absolute atomic E-state index is 12.7. The minimum atomic E-state index is -0.284. The summed E-state index contributed by atoms with van der Waals surface area (Å²) in [4.78, 5) is 21.2. The predicted octanol–water partition coefficient (Wildman–Crippen LogP) is 4.16. The molecule has 0 saturated heterocycles. The molecule has 0 spiro atoms. The highest BCUT2D eigenvalue weighted by Gasteiger charge is 2.13. The molecule has 1 amide bonds. The Bertz CT molecular complexity index is 1100. The quantitative estimate of drug-likeness (QED) is 0.564. The van der Waals surface area contributed by atoms with E-state index in [9.17, 15) is 4.79 Å². The topological polar surface area (TPSA) is 86.5 Å². The molecule has 2 aromatic carbocycles. The maximum Gasteiger partial charge on any atom is 0.255 e. The van der Waals surface area contributed by atoms with E-state index in [2.05, 4.69) is 15.3 Å². The Hall–Kier alpha value is -3.87. The van der Waals surface area contributed by atoms with Gasteiger partial charge in [-0.15, -0.1) is 0 Å². The molecule has 0 aliphatic carbocycles. The van der Waals surface area contributed by atoms with Crippen molar-refractivity contribution in [1.29, 1.82) is 0 Å². The number of anilines is 1. The lowest BCUT2D eigenvalue weighted by Crippen LogP contribution is -2.12. The number of aromatic nitrogens is 2. The molecule has 28 heavy (non-hydrogen) atoms. The van der Waals surface area contributed by atoms with E-state index in [0.717, 1.165) is 5.56 Å². The van der Waals surface area contributed by atoms with Crippen molar-refractivity contribution in [3.63, 3.8) is 0 Å². The summed E-state index contributed by atoms with van der Waals surface area (Å²) in [5, 5.41) is 2.87. The van der Waals surface area contributed by atoms with E-state index in [4.69, 9.17) is 13.9 Å². The molecule has 0 aliphatic rings.